The number of alkyl halides is 3. The van der Waals surface area contributed by atoms with Crippen LogP contribution in [0.5, 0.6) is 5.88 Å². The van der Waals surface area contributed by atoms with Gasteiger partial charge < -0.3 is 14.9 Å². The van der Waals surface area contributed by atoms with Gasteiger partial charge in [-0.1, -0.05) is 6.07 Å². The Morgan fingerprint density at radius 2 is 1.73 bits per heavy atom. The van der Waals surface area contributed by atoms with Crippen molar-refractivity contribution in [1.29, 1.82) is 0 Å². The predicted molar refractivity (Wildman–Crippen MR) is 135 cm³/mol. The number of aryl methyl sites for hydroxylation is 2. The van der Waals surface area contributed by atoms with Gasteiger partial charge in [-0.05, 0) is 30.7 Å². The van der Waals surface area contributed by atoms with Crippen LogP contribution >= 0.6 is 0 Å². The maximum atomic E-state index is 13.3. The van der Waals surface area contributed by atoms with Gasteiger partial charge in [-0.3, -0.25) is 23.6 Å². The Balaban J connectivity index is 0.000000470. The fraction of sp³-hybridized carbons (Fsp3) is 0.200. The van der Waals surface area contributed by atoms with Crippen molar-refractivity contribution in [3.8, 4) is 22.7 Å². The molecule has 0 unspecified atom stereocenters. The second-order valence-electron chi connectivity index (χ2n) is 8.48. The lowest BCUT2D eigenvalue weighted by Crippen LogP contribution is -2.21. The molecule has 0 aliphatic heterocycles. The number of carboxylic acid groups (broad SMARTS) is 2. The molecule has 208 valence electrons. The molecule has 0 amide bonds. The summed E-state index contributed by atoms with van der Waals surface area (Å²) in [5, 5.41) is 21.3. The molecule has 0 aliphatic rings. The molecule has 5 aromatic rings. The highest BCUT2D eigenvalue weighted by atomic mass is 19.4. The number of hydrogen-bond acceptors (Lipinski definition) is 7. The van der Waals surface area contributed by atoms with Gasteiger partial charge in [-0.25, -0.2) is 14.6 Å². The fourth-order valence-electron chi connectivity index (χ4n) is 4.02. The van der Waals surface area contributed by atoms with Gasteiger partial charge in [-0.15, -0.1) is 0 Å². The van der Waals surface area contributed by atoms with Gasteiger partial charge in [0.25, 0.3) is 0 Å². The van der Waals surface area contributed by atoms with Crippen LogP contribution in [0.3, 0.4) is 0 Å². The van der Waals surface area contributed by atoms with Crippen molar-refractivity contribution in [1.82, 2.24) is 28.9 Å². The van der Waals surface area contributed by atoms with E-state index in [2.05, 4.69) is 15.1 Å². The smallest absolute Gasteiger partial charge is 0.481 e. The summed E-state index contributed by atoms with van der Waals surface area (Å²) < 4.78 is 41.3. The molecule has 2 N–H and O–H groups in total. The van der Waals surface area contributed by atoms with Gasteiger partial charge in [0, 0.05) is 30.3 Å². The summed E-state index contributed by atoms with van der Waals surface area (Å²) in [6, 6.07) is 9.53. The molecule has 0 spiro atoms. The molecule has 40 heavy (non-hydrogen) atoms. The van der Waals surface area contributed by atoms with Crippen LogP contribution < -0.4 is 10.4 Å². The number of benzene rings is 1. The molecule has 1 aromatic carbocycles. The van der Waals surface area contributed by atoms with E-state index < -0.39 is 18.1 Å². The van der Waals surface area contributed by atoms with Crippen LogP contribution in [0.25, 0.3) is 38.8 Å². The first-order valence-electron chi connectivity index (χ1n) is 11.4. The Labute approximate surface area is 222 Å². The molecule has 4 aromatic heterocycles. The van der Waals surface area contributed by atoms with Gasteiger partial charge in [0.2, 0.25) is 5.88 Å². The number of rotatable bonds is 5. The molecule has 0 atom stereocenters. The number of fused-ring (bicyclic) bond motifs is 3. The summed E-state index contributed by atoms with van der Waals surface area (Å²) in [5.41, 5.74) is 4.66. The lowest BCUT2D eigenvalue weighted by atomic mass is 10.0. The molecular weight excluding hydrogens is 537 g/mol. The van der Waals surface area contributed by atoms with Crippen molar-refractivity contribution >= 4 is 33.9 Å². The fourth-order valence-corrected chi connectivity index (χ4v) is 4.02. The molecular formula is C25H21F3N6O6. The van der Waals surface area contributed by atoms with E-state index in [4.69, 9.17) is 19.7 Å². The molecule has 0 bridgehead atoms. The van der Waals surface area contributed by atoms with Crippen LogP contribution in [0.15, 0.2) is 53.7 Å². The van der Waals surface area contributed by atoms with Gasteiger partial charge in [0.05, 0.1) is 47.4 Å². The van der Waals surface area contributed by atoms with Crippen LogP contribution in [-0.4, -0.2) is 64.3 Å². The average molecular weight is 558 g/mol. The van der Waals surface area contributed by atoms with Gasteiger partial charge in [0.15, 0.2) is 0 Å². The highest BCUT2D eigenvalue weighted by molar-refractivity contribution is 6.04. The number of carboxylic acids is 2. The number of nitrogens with zero attached hydrogens (tertiary/aromatic N) is 6. The molecule has 0 radical (unpaired) electrons. The Hall–Kier alpha value is -5.21. The van der Waals surface area contributed by atoms with E-state index >= 15 is 0 Å². The number of methoxy groups -OCH3 is 1. The Morgan fingerprint density at radius 1 is 1.05 bits per heavy atom. The Bertz CT molecular complexity index is 1800. The molecule has 12 nitrogen and oxygen atoms in total. The van der Waals surface area contributed by atoms with E-state index in [1.165, 1.54) is 9.25 Å². The maximum Gasteiger partial charge on any atom is 0.490 e. The summed E-state index contributed by atoms with van der Waals surface area (Å²) in [6.07, 6.45) is -0.110. The Morgan fingerprint density at radius 3 is 2.30 bits per heavy atom. The van der Waals surface area contributed by atoms with E-state index in [0.717, 1.165) is 22.0 Å². The number of aliphatic carboxylic acids is 2. The van der Waals surface area contributed by atoms with Crippen molar-refractivity contribution in [2.24, 2.45) is 7.05 Å². The lowest BCUT2D eigenvalue weighted by Gasteiger charge is -2.08. The maximum absolute atomic E-state index is 13.3. The summed E-state index contributed by atoms with van der Waals surface area (Å²) in [4.78, 5) is 42.1. The van der Waals surface area contributed by atoms with E-state index in [1.54, 1.807) is 50.3 Å². The number of imidazole rings is 1. The standard InChI is InChI=1S/C23H20N6O4.C2HF3O2/c1-13-19(11-28(26-13)12-21(30)31)29-22-16-8-14(15-5-7-20(33-3)25-9-15)4-6-17(16)24-10-18(22)27(2)23(29)32;3-2(4,5)1(6)7/h4-11H,12H2,1-3H3,(H,30,31);(H,6,7). The molecule has 4 heterocycles. The second-order valence-corrected chi connectivity index (χ2v) is 8.48. The van der Waals surface area contributed by atoms with E-state index in [9.17, 15) is 22.8 Å². The number of hydrogen-bond donors (Lipinski definition) is 2. The van der Waals surface area contributed by atoms with Gasteiger partial charge in [0.1, 0.15) is 6.54 Å². The van der Waals surface area contributed by atoms with Crippen LogP contribution in [0.1, 0.15) is 5.69 Å². The summed E-state index contributed by atoms with van der Waals surface area (Å²) in [6.45, 7) is 1.45. The number of aromatic nitrogens is 6. The van der Waals surface area contributed by atoms with Crippen molar-refractivity contribution in [3.63, 3.8) is 0 Å². The molecule has 0 fully saturated rings. The number of pyridine rings is 2. The van der Waals surface area contributed by atoms with Crippen molar-refractivity contribution in [2.45, 2.75) is 19.6 Å². The SMILES string of the molecule is COc1ccc(-c2ccc3ncc4c(c3c2)n(-c2cn(CC(=O)O)nc2C)c(=O)n4C)cn1.O=C(O)C(F)(F)F. The normalized spacial score (nSPS) is 11.3. The van der Waals surface area contributed by atoms with Crippen LogP contribution in [0, 0.1) is 6.92 Å². The third kappa shape index (κ3) is 5.34. The lowest BCUT2D eigenvalue weighted by molar-refractivity contribution is -0.192. The van der Waals surface area contributed by atoms with Gasteiger partial charge in [-0.2, -0.15) is 18.3 Å². The van der Waals surface area contributed by atoms with Crippen molar-refractivity contribution in [2.75, 3.05) is 7.11 Å². The summed E-state index contributed by atoms with van der Waals surface area (Å²) >= 11 is 0. The second kappa shape index (κ2) is 10.5. The zero-order valence-electron chi connectivity index (χ0n) is 21.2. The van der Waals surface area contributed by atoms with Crippen molar-refractivity contribution < 1.29 is 37.7 Å². The number of carbonyl (C=O) groups is 2. The third-order valence-electron chi connectivity index (χ3n) is 5.86. The highest BCUT2D eigenvalue weighted by Gasteiger charge is 2.38. The summed E-state index contributed by atoms with van der Waals surface area (Å²) in [5.74, 6) is -3.25. The highest BCUT2D eigenvalue weighted by Crippen LogP contribution is 2.30. The van der Waals surface area contributed by atoms with E-state index in [1.807, 2.05) is 24.3 Å². The van der Waals surface area contributed by atoms with E-state index in [-0.39, 0.29) is 12.2 Å². The van der Waals surface area contributed by atoms with Crippen LogP contribution in [-0.2, 0) is 23.2 Å². The number of ether oxygens (including phenoxy) is 1. The summed E-state index contributed by atoms with van der Waals surface area (Å²) in [7, 11) is 3.25. The van der Waals surface area contributed by atoms with Crippen molar-refractivity contribution in [3.05, 3.63) is 65.1 Å². The van der Waals surface area contributed by atoms with Crippen LogP contribution in [0.2, 0.25) is 0 Å². The van der Waals surface area contributed by atoms with Crippen LogP contribution in [0.4, 0.5) is 13.2 Å². The first kappa shape index (κ1) is 27.8. The first-order chi connectivity index (χ1) is 18.8. The molecule has 15 heteroatoms. The minimum Gasteiger partial charge on any atom is -0.481 e. The monoisotopic (exact) mass is 558 g/mol. The first-order valence-corrected chi connectivity index (χ1v) is 11.4. The topological polar surface area (TPSA) is 154 Å². The number of halogens is 3. The van der Waals surface area contributed by atoms with E-state index in [0.29, 0.717) is 28.3 Å². The zero-order chi connectivity index (χ0) is 29.4. The largest absolute Gasteiger partial charge is 0.490 e. The minimum absolute atomic E-state index is 0.270. The zero-order valence-corrected chi connectivity index (χ0v) is 21.2. The third-order valence-corrected chi connectivity index (χ3v) is 5.86. The molecule has 0 saturated heterocycles. The Kier molecular flexibility index (Phi) is 7.31. The quantitative estimate of drug-likeness (QED) is 0.331. The molecule has 0 saturated carbocycles. The molecule has 0 aliphatic carbocycles. The van der Waals surface area contributed by atoms with Gasteiger partial charge >= 0.3 is 23.8 Å². The average Bonchev–Trinajstić information content (AvgIpc) is 3.38. The molecule has 5 rings (SSSR count). The minimum atomic E-state index is -5.08. The predicted octanol–water partition coefficient (Wildman–Crippen LogP) is 3.17.